The Morgan fingerprint density at radius 1 is 1.26 bits per heavy atom. The molecule has 1 fully saturated rings. The lowest BCUT2D eigenvalue weighted by Gasteiger charge is -2.23. The number of benzene rings is 2. The van der Waals surface area contributed by atoms with Crippen LogP contribution >= 0.6 is 11.3 Å². The fourth-order valence-electron chi connectivity index (χ4n) is 3.27. The molecule has 4 rings (SSSR count). The summed E-state index contributed by atoms with van der Waals surface area (Å²) < 4.78 is 20.0. The number of aromatic nitrogens is 1. The summed E-state index contributed by atoms with van der Waals surface area (Å²) in [4.78, 5) is 19.6. The minimum absolute atomic E-state index is 0.00393. The van der Waals surface area contributed by atoms with Gasteiger partial charge in [0.2, 0.25) is 0 Å². The summed E-state index contributed by atoms with van der Waals surface area (Å²) in [7, 11) is 0. The third-order valence-electron chi connectivity index (χ3n) is 4.98. The van der Waals surface area contributed by atoms with Gasteiger partial charge >= 0.3 is 0 Å². The SMILES string of the molecule is Cc1ccc(C(=O)N(C[C@@H]2CCCO2)c2nc3ccc(F)cc3s2)cc1C. The Hall–Kier alpha value is -2.31. The number of hydrogen-bond donors (Lipinski definition) is 0. The highest BCUT2D eigenvalue weighted by atomic mass is 32.1. The van der Waals surface area contributed by atoms with E-state index in [1.165, 1.54) is 23.5 Å². The maximum atomic E-state index is 13.6. The zero-order valence-electron chi connectivity index (χ0n) is 15.4. The molecule has 1 saturated heterocycles. The van der Waals surface area contributed by atoms with Crippen molar-refractivity contribution in [1.82, 2.24) is 4.98 Å². The van der Waals surface area contributed by atoms with Gasteiger partial charge in [0, 0.05) is 12.2 Å². The monoisotopic (exact) mass is 384 g/mol. The minimum atomic E-state index is -0.302. The second-order valence-corrected chi connectivity index (χ2v) is 7.97. The molecule has 1 amide bonds. The molecule has 2 aromatic carbocycles. The molecule has 1 atom stereocenters. The van der Waals surface area contributed by atoms with Crippen molar-refractivity contribution in [2.24, 2.45) is 0 Å². The maximum absolute atomic E-state index is 13.6. The van der Waals surface area contributed by atoms with E-state index >= 15 is 0 Å². The predicted octanol–water partition coefficient (Wildman–Crippen LogP) is 4.88. The van der Waals surface area contributed by atoms with Gasteiger partial charge in [-0.05, 0) is 68.1 Å². The molecule has 4 nitrogen and oxygen atoms in total. The van der Waals surface area contributed by atoms with Crippen LogP contribution in [0.5, 0.6) is 0 Å². The van der Waals surface area contributed by atoms with E-state index in [4.69, 9.17) is 4.74 Å². The molecule has 0 aliphatic carbocycles. The molecule has 1 aliphatic rings. The number of rotatable bonds is 4. The number of thiazole rings is 1. The number of aryl methyl sites for hydroxylation is 2. The Morgan fingerprint density at radius 3 is 2.85 bits per heavy atom. The smallest absolute Gasteiger partial charge is 0.260 e. The molecule has 6 heteroatoms. The third kappa shape index (κ3) is 3.73. The van der Waals surface area contributed by atoms with Crippen molar-refractivity contribution in [3.05, 3.63) is 58.9 Å². The summed E-state index contributed by atoms with van der Waals surface area (Å²) in [6, 6.07) is 10.2. The Labute approximate surface area is 161 Å². The van der Waals surface area contributed by atoms with Gasteiger partial charge in [-0.2, -0.15) is 0 Å². The van der Waals surface area contributed by atoms with Gasteiger partial charge < -0.3 is 4.74 Å². The van der Waals surface area contributed by atoms with Gasteiger partial charge in [0.15, 0.2) is 5.13 Å². The van der Waals surface area contributed by atoms with Crippen LogP contribution in [0.1, 0.15) is 34.3 Å². The normalized spacial score (nSPS) is 16.8. The number of anilines is 1. The first-order valence-corrected chi connectivity index (χ1v) is 9.90. The van der Waals surface area contributed by atoms with Crippen LogP contribution in [0.3, 0.4) is 0 Å². The van der Waals surface area contributed by atoms with E-state index in [0.717, 1.165) is 35.3 Å². The topological polar surface area (TPSA) is 42.4 Å². The molecule has 2 heterocycles. The zero-order valence-corrected chi connectivity index (χ0v) is 16.2. The number of carbonyl (C=O) groups excluding carboxylic acids is 1. The van der Waals surface area contributed by atoms with Crippen molar-refractivity contribution < 1.29 is 13.9 Å². The number of carbonyl (C=O) groups is 1. The highest BCUT2D eigenvalue weighted by molar-refractivity contribution is 7.22. The number of halogens is 1. The molecule has 0 radical (unpaired) electrons. The lowest BCUT2D eigenvalue weighted by molar-refractivity contribution is 0.0917. The van der Waals surface area contributed by atoms with Gasteiger partial charge in [0.25, 0.3) is 5.91 Å². The van der Waals surface area contributed by atoms with E-state index in [-0.39, 0.29) is 17.8 Å². The second-order valence-electron chi connectivity index (χ2n) is 6.96. The van der Waals surface area contributed by atoms with E-state index in [1.807, 2.05) is 32.0 Å². The summed E-state index contributed by atoms with van der Waals surface area (Å²) in [6.07, 6.45) is 1.93. The average Bonchev–Trinajstić information content (AvgIpc) is 3.30. The first-order valence-electron chi connectivity index (χ1n) is 9.08. The fourth-order valence-corrected chi connectivity index (χ4v) is 4.27. The highest BCUT2D eigenvalue weighted by Crippen LogP contribution is 2.31. The molecule has 140 valence electrons. The molecular weight excluding hydrogens is 363 g/mol. The Bertz CT molecular complexity index is 995. The zero-order chi connectivity index (χ0) is 19.0. The van der Waals surface area contributed by atoms with Crippen molar-refractivity contribution in [3.63, 3.8) is 0 Å². The molecule has 1 aliphatic heterocycles. The number of hydrogen-bond acceptors (Lipinski definition) is 4. The van der Waals surface area contributed by atoms with Crippen LogP contribution in [0.4, 0.5) is 9.52 Å². The average molecular weight is 384 g/mol. The number of ether oxygens (including phenoxy) is 1. The largest absolute Gasteiger partial charge is 0.376 e. The van der Waals surface area contributed by atoms with Gasteiger partial charge in [-0.1, -0.05) is 17.4 Å². The van der Waals surface area contributed by atoms with E-state index in [1.54, 1.807) is 11.0 Å². The van der Waals surface area contributed by atoms with E-state index in [0.29, 0.717) is 22.8 Å². The lowest BCUT2D eigenvalue weighted by Crippen LogP contribution is -2.37. The number of amides is 1. The van der Waals surface area contributed by atoms with Crippen LogP contribution in [0.25, 0.3) is 10.2 Å². The molecule has 1 aromatic heterocycles. The first-order chi connectivity index (χ1) is 13.0. The van der Waals surface area contributed by atoms with Gasteiger partial charge in [-0.25, -0.2) is 9.37 Å². The van der Waals surface area contributed by atoms with Crippen LogP contribution in [0, 0.1) is 19.7 Å². The van der Waals surface area contributed by atoms with Gasteiger partial charge in [-0.15, -0.1) is 0 Å². The highest BCUT2D eigenvalue weighted by Gasteiger charge is 2.27. The van der Waals surface area contributed by atoms with Crippen molar-refractivity contribution in [1.29, 1.82) is 0 Å². The number of nitrogens with zero attached hydrogens (tertiary/aromatic N) is 2. The van der Waals surface area contributed by atoms with Crippen LogP contribution in [-0.2, 0) is 4.74 Å². The summed E-state index contributed by atoms with van der Waals surface area (Å²) in [6.45, 7) is 5.20. The van der Waals surface area contributed by atoms with Crippen molar-refractivity contribution in [3.8, 4) is 0 Å². The molecule has 0 spiro atoms. The predicted molar refractivity (Wildman–Crippen MR) is 106 cm³/mol. The van der Waals surface area contributed by atoms with E-state index in [2.05, 4.69) is 4.98 Å². The van der Waals surface area contributed by atoms with Crippen molar-refractivity contribution in [2.75, 3.05) is 18.1 Å². The van der Waals surface area contributed by atoms with Crippen LogP contribution in [0.15, 0.2) is 36.4 Å². The second kappa shape index (κ2) is 7.37. The summed E-state index contributed by atoms with van der Waals surface area (Å²) in [5.41, 5.74) is 3.54. The molecule has 0 N–H and O–H groups in total. The van der Waals surface area contributed by atoms with Crippen molar-refractivity contribution >= 4 is 32.6 Å². The van der Waals surface area contributed by atoms with Gasteiger partial charge in [0.1, 0.15) is 5.82 Å². The Balaban J connectivity index is 1.72. The van der Waals surface area contributed by atoms with Gasteiger partial charge in [0.05, 0.1) is 22.9 Å². The molecule has 0 unspecified atom stereocenters. The van der Waals surface area contributed by atoms with Crippen LogP contribution < -0.4 is 4.90 Å². The molecule has 0 saturated carbocycles. The molecular formula is C21H21FN2O2S. The lowest BCUT2D eigenvalue weighted by atomic mass is 10.1. The van der Waals surface area contributed by atoms with Crippen molar-refractivity contribution in [2.45, 2.75) is 32.8 Å². The quantitative estimate of drug-likeness (QED) is 0.644. The number of fused-ring (bicyclic) bond motifs is 1. The van der Waals surface area contributed by atoms with E-state index < -0.39 is 0 Å². The first kappa shape index (κ1) is 18.1. The van der Waals surface area contributed by atoms with Crippen LogP contribution in [-0.4, -0.2) is 30.1 Å². The Kier molecular flexibility index (Phi) is 4.93. The maximum Gasteiger partial charge on any atom is 0.260 e. The van der Waals surface area contributed by atoms with E-state index in [9.17, 15) is 9.18 Å². The van der Waals surface area contributed by atoms with Crippen LogP contribution in [0.2, 0.25) is 0 Å². The molecule has 27 heavy (non-hydrogen) atoms. The summed E-state index contributed by atoms with van der Waals surface area (Å²) in [5, 5.41) is 0.578. The fraction of sp³-hybridized carbons (Fsp3) is 0.333. The standard InChI is InChI=1S/C21H21FN2O2S/c1-13-5-6-15(10-14(13)2)20(25)24(12-17-4-3-9-26-17)21-23-18-8-7-16(22)11-19(18)27-21/h5-8,10-11,17H,3-4,9,12H2,1-2H3/t17-/m0/s1. The molecule has 3 aromatic rings. The Morgan fingerprint density at radius 2 is 2.11 bits per heavy atom. The summed E-state index contributed by atoms with van der Waals surface area (Å²) >= 11 is 1.33. The minimum Gasteiger partial charge on any atom is -0.376 e. The molecule has 0 bridgehead atoms. The third-order valence-corrected chi connectivity index (χ3v) is 6.02. The van der Waals surface area contributed by atoms with Gasteiger partial charge in [-0.3, -0.25) is 9.69 Å². The summed E-state index contributed by atoms with van der Waals surface area (Å²) in [5.74, 6) is -0.406.